The van der Waals surface area contributed by atoms with Crippen molar-refractivity contribution in [2.45, 2.75) is 25.8 Å². The van der Waals surface area contributed by atoms with Gasteiger partial charge in [0.25, 0.3) is 0 Å². The van der Waals surface area contributed by atoms with Gasteiger partial charge in [0.05, 0.1) is 7.11 Å². The van der Waals surface area contributed by atoms with Crippen molar-refractivity contribution in [1.29, 1.82) is 0 Å². The zero-order valence-corrected chi connectivity index (χ0v) is 12.8. The van der Waals surface area contributed by atoms with Crippen molar-refractivity contribution in [2.75, 3.05) is 32.1 Å². The van der Waals surface area contributed by atoms with Gasteiger partial charge in [-0.15, -0.1) is 0 Å². The van der Waals surface area contributed by atoms with E-state index in [1.54, 1.807) is 7.11 Å². The van der Waals surface area contributed by atoms with Crippen LogP contribution in [0.3, 0.4) is 0 Å². The lowest BCUT2D eigenvalue weighted by Gasteiger charge is -2.33. The number of ether oxygens (including phenoxy) is 1. The van der Waals surface area contributed by atoms with Crippen LogP contribution in [-0.4, -0.2) is 38.7 Å². The van der Waals surface area contributed by atoms with Gasteiger partial charge in [0.15, 0.2) is 0 Å². The van der Waals surface area contributed by atoms with E-state index < -0.39 is 5.54 Å². The molecule has 5 heteroatoms. The summed E-state index contributed by atoms with van der Waals surface area (Å²) in [5, 5.41) is 3.23. The van der Waals surface area contributed by atoms with E-state index in [-0.39, 0.29) is 5.91 Å². The molecule has 112 valence electrons. The molecule has 20 heavy (non-hydrogen) atoms. The SMILES string of the molecule is CCCNC(C)(CN(C)c1ccc(OC)cc1)C(N)=O. The van der Waals surface area contributed by atoms with Gasteiger partial charge in [-0.25, -0.2) is 0 Å². The third kappa shape index (κ3) is 4.13. The van der Waals surface area contributed by atoms with E-state index in [9.17, 15) is 4.79 Å². The monoisotopic (exact) mass is 279 g/mol. The minimum atomic E-state index is -0.745. The first-order valence-electron chi connectivity index (χ1n) is 6.83. The molecule has 1 rings (SSSR count). The molecule has 0 aliphatic rings. The number of nitrogens with zero attached hydrogens (tertiary/aromatic N) is 1. The van der Waals surface area contributed by atoms with Gasteiger partial charge in [0.2, 0.25) is 5.91 Å². The first-order valence-corrected chi connectivity index (χ1v) is 6.83. The molecular weight excluding hydrogens is 254 g/mol. The third-order valence-electron chi connectivity index (χ3n) is 3.38. The molecule has 1 aromatic rings. The number of anilines is 1. The van der Waals surface area contributed by atoms with Gasteiger partial charge in [0, 0.05) is 19.3 Å². The van der Waals surface area contributed by atoms with E-state index in [0.717, 1.165) is 24.4 Å². The smallest absolute Gasteiger partial charge is 0.239 e. The van der Waals surface area contributed by atoms with Gasteiger partial charge in [-0.1, -0.05) is 6.92 Å². The van der Waals surface area contributed by atoms with Gasteiger partial charge in [-0.3, -0.25) is 4.79 Å². The molecule has 0 aliphatic heterocycles. The number of likely N-dealkylation sites (N-methyl/N-ethyl adjacent to an activating group) is 1. The molecule has 1 atom stereocenters. The number of nitrogens with two attached hydrogens (primary N) is 1. The molecule has 0 heterocycles. The Balaban J connectivity index is 2.78. The molecule has 0 fully saturated rings. The summed E-state index contributed by atoms with van der Waals surface area (Å²) >= 11 is 0. The van der Waals surface area contributed by atoms with Crippen LogP contribution in [0.5, 0.6) is 5.75 Å². The van der Waals surface area contributed by atoms with Crippen molar-refractivity contribution >= 4 is 11.6 Å². The summed E-state index contributed by atoms with van der Waals surface area (Å²) in [6, 6.07) is 7.71. The molecule has 0 aliphatic carbocycles. The molecule has 0 saturated carbocycles. The number of hydrogen-bond acceptors (Lipinski definition) is 4. The maximum atomic E-state index is 11.7. The lowest BCUT2D eigenvalue weighted by molar-refractivity contribution is -0.123. The summed E-state index contributed by atoms with van der Waals surface area (Å²) in [6.45, 7) is 5.16. The maximum absolute atomic E-state index is 11.7. The lowest BCUT2D eigenvalue weighted by Crippen LogP contribution is -2.59. The number of carbonyl (C=O) groups excluding carboxylic acids is 1. The second-order valence-electron chi connectivity index (χ2n) is 5.18. The first-order chi connectivity index (χ1) is 9.42. The molecule has 0 radical (unpaired) electrons. The van der Waals surface area contributed by atoms with Gasteiger partial charge in [-0.2, -0.15) is 0 Å². The Kier molecular flexibility index (Phi) is 5.82. The maximum Gasteiger partial charge on any atom is 0.239 e. The molecule has 0 bridgehead atoms. The molecule has 0 aromatic heterocycles. The van der Waals surface area contributed by atoms with Crippen molar-refractivity contribution in [2.24, 2.45) is 5.73 Å². The summed E-state index contributed by atoms with van der Waals surface area (Å²) in [4.78, 5) is 13.7. The van der Waals surface area contributed by atoms with Gasteiger partial charge < -0.3 is 20.7 Å². The quantitative estimate of drug-likeness (QED) is 0.754. The Bertz CT molecular complexity index is 433. The van der Waals surface area contributed by atoms with Crippen LogP contribution < -0.4 is 20.7 Å². The first kappa shape index (κ1) is 16.3. The average molecular weight is 279 g/mol. The highest BCUT2D eigenvalue weighted by molar-refractivity contribution is 5.85. The van der Waals surface area contributed by atoms with Crippen LogP contribution >= 0.6 is 0 Å². The largest absolute Gasteiger partial charge is 0.497 e. The topological polar surface area (TPSA) is 67.6 Å². The van der Waals surface area contributed by atoms with Crippen molar-refractivity contribution in [3.8, 4) is 5.75 Å². The number of amides is 1. The number of rotatable bonds is 8. The fourth-order valence-electron chi connectivity index (χ4n) is 2.02. The van der Waals surface area contributed by atoms with Crippen LogP contribution in [-0.2, 0) is 4.79 Å². The highest BCUT2D eigenvalue weighted by atomic mass is 16.5. The summed E-state index contributed by atoms with van der Waals surface area (Å²) in [7, 11) is 3.58. The van der Waals surface area contributed by atoms with Crippen molar-refractivity contribution in [3.05, 3.63) is 24.3 Å². The van der Waals surface area contributed by atoms with E-state index in [1.165, 1.54) is 0 Å². The predicted molar refractivity (Wildman–Crippen MR) is 82.2 cm³/mol. The van der Waals surface area contributed by atoms with Crippen molar-refractivity contribution < 1.29 is 9.53 Å². The second-order valence-corrected chi connectivity index (χ2v) is 5.18. The Morgan fingerprint density at radius 1 is 1.40 bits per heavy atom. The van der Waals surface area contributed by atoms with E-state index in [4.69, 9.17) is 10.5 Å². The molecule has 5 nitrogen and oxygen atoms in total. The van der Waals surface area contributed by atoms with E-state index in [0.29, 0.717) is 6.54 Å². The zero-order valence-electron chi connectivity index (χ0n) is 12.8. The second kappa shape index (κ2) is 7.14. The van der Waals surface area contributed by atoms with Crippen LogP contribution in [0, 0.1) is 0 Å². The van der Waals surface area contributed by atoms with Crippen molar-refractivity contribution in [3.63, 3.8) is 0 Å². The Morgan fingerprint density at radius 2 is 2.00 bits per heavy atom. The molecule has 1 unspecified atom stereocenters. The number of methoxy groups -OCH3 is 1. The number of primary amides is 1. The zero-order chi connectivity index (χ0) is 15.2. The molecule has 3 N–H and O–H groups in total. The number of nitrogens with one attached hydrogen (secondary N) is 1. The predicted octanol–water partition coefficient (Wildman–Crippen LogP) is 1.38. The van der Waals surface area contributed by atoms with Crippen LogP contribution in [0.4, 0.5) is 5.69 Å². The average Bonchev–Trinajstić information content (AvgIpc) is 2.45. The van der Waals surface area contributed by atoms with Gasteiger partial charge in [0.1, 0.15) is 11.3 Å². The molecular formula is C15H25N3O2. The number of hydrogen-bond donors (Lipinski definition) is 2. The lowest BCUT2D eigenvalue weighted by atomic mass is 10.0. The molecule has 0 spiro atoms. The summed E-state index contributed by atoms with van der Waals surface area (Å²) in [5.74, 6) is 0.468. The summed E-state index contributed by atoms with van der Waals surface area (Å²) in [5.41, 5.74) is 5.80. The minimum absolute atomic E-state index is 0.341. The number of carbonyl (C=O) groups is 1. The van der Waals surface area contributed by atoms with Crippen LogP contribution in [0.15, 0.2) is 24.3 Å². The normalized spacial score (nSPS) is 13.6. The fraction of sp³-hybridized carbons (Fsp3) is 0.533. The van der Waals surface area contributed by atoms with Crippen molar-refractivity contribution in [1.82, 2.24) is 5.32 Å². The van der Waals surface area contributed by atoms with Crippen LogP contribution in [0.2, 0.25) is 0 Å². The summed E-state index contributed by atoms with van der Waals surface area (Å²) in [6.07, 6.45) is 0.953. The van der Waals surface area contributed by atoms with Gasteiger partial charge in [-0.05, 0) is 44.2 Å². The van der Waals surface area contributed by atoms with Gasteiger partial charge >= 0.3 is 0 Å². The standard InChI is InChI=1S/C15H25N3O2/c1-5-10-17-15(2,14(16)19)11-18(3)12-6-8-13(20-4)9-7-12/h6-9,17H,5,10-11H2,1-4H3,(H2,16,19). The Labute approximate surface area is 121 Å². The Morgan fingerprint density at radius 3 is 2.45 bits per heavy atom. The summed E-state index contributed by atoms with van der Waals surface area (Å²) < 4.78 is 5.14. The fourth-order valence-corrected chi connectivity index (χ4v) is 2.02. The molecule has 1 amide bonds. The molecule has 1 aromatic carbocycles. The van der Waals surface area contributed by atoms with E-state index >= 15 is 0 Å². The minimum Gasteiger partial charge on any atom is -0.497 e. The number of benzene rings is 1. The highest BCUT2D eigenvalue weighted by Gasteiger charge is 2.31. The third-order valence-corrected chi connectivity index (χ3v) is 3.38. The van der Waals surface area contributed by atoms with E-state index in [1.807, 2.05) is 43.1 Å². The van der Waals surface area contributed by atoms with Crippen LogP contribution in [0.25, 0.3) is 0 Å². The van der Waals surface area contributed by atoms with Crippen LogP contribution in [0.1, 0.15) is 20.3 Å². The van der Waals surface area contributed by atoms with E-state index in [2.05, 4.69) is 12.2 Å². The highest BCUT2D eigenvalue weighted by Crippen LogP contribution is 2.19. The molecule has 0 saturated heterocycles. The Hall–Kier alpha value is -1.75.